The van der Waals surface area contributed by atoms with Crippen LogP contribution in [0.2, 0.25) is 0 Å². The van der Waals surface area contributed by atoms with Crippen LogP contribution < -0.4 is 5.76 Å². The molecule has 0 unspecified atom stereocenters. The molecule has 2 fully saturated rings. The maximum Gasteiger partial charge on any atom is 0.420 e. The van der Waals surface area contributed by atoms with E-state index < -0.39 is 15.8 Å². The molecule has 0 radical (unpaired) electrons. The van der Waals surface area contributed by atoms with Crippen molar-refractivity contribution in [2.24, 2.45) is 5.92 Å². The van der Waals surface area contributed by atoms with Crippen LogP contribution in [0.3, 0.4) is 0 Å². The van der Waals surface area contributed by atoms with E-state index in [-0.39, 0.29) is 22.9 Å². The first-order valence-electron chi connectivity index (χ1n) is 10.8. The van der Waals surface area contributed by atoms with Gasteiger partial charge in [0.1, 0.15) is 6.54 Å². The molecule has 2 aliphatic heterocycles. The predicted molar refractivity (Wildman–Crippen MR) is 113 cm³/mol. The van der Waals surface area contributed by atoms with Gasteiger partial charge < -0.3 is 9.32 Å². The summed E-state index contributed by atoms with van der Waals surface area (Å²) in [5.41, 5.74) is 0.629. The van der Waals surface area contributed by atoms with E-state index in [1.54, 1.807) is 11.0 Å². The number of likely N-dealkylation sites (tertiary alicyclic amines) is 1. The number of rotatable bonds is 4. The first-order chi connectivity index (χ1) is 14.4. The highest BCUT2D eigenvalue weighted by Gasteiger charge is 2.29. The molecule has 0 bridgehead atoms. The lowest BCUT2D eigenvalue weighted by molar-refractivity contribution is -0.131. The topological polar surface area (TPSA) is 92.8 Å². The number of sulfonamides is 1. The standard InChI is InChI=1S/C21H29N3O5S/c1-16-8-12-23(13-9-16)30(27,28)17-6-7-18-19(14-17)29-21(26)24(18)15-20(25)22-10-4-2-3-5-11-22/h6-7,14,16H,2-5,8-13,15H2,1H3. The maximum atomic E-state index is 13.0. The van der Waals surface area contributed by atoms with Crippen LogP contribution in [0.4, 0.5) is 0 Å². The van der Waals surface area contributed by atoms with Gasteiger partial charge in [0.05, 0.1) is 10.4 Å². The molecule has 4 rings (SSSR count). The number of carbonyl (C=O) groups excluding carboxylic acids is 1. The lowest BCUT2D eigenvalue weighted by Gasteiger charge is -2.29. The number of aromatic nitrogens is 1. The zero-order valence-corrected chi connectivity index (χ0v) is 18.2. The van der Waals surface area contributed by atoms with Crippen LogP contribution in [0.1, 0.15) is 45.4 Å². The second kappa shape index (κ2) is 8.55. The van der Waals surface area contributed by atoms with Gasteiger partial charge in [0, 0.05) is 32.2 Å². The van der Waals surface area contributed by atoms with Gasteiger partial charge in [-0.3, -0.25) is 9.36 Å². The van der Waals surface area contributed by atoms with Crippen molar-refractivity contribution < 1.29 is 17.6 Å². The van der Waals surface area contributed by atoms with E-state index >= 15 is 0 Å². The highest BCUT2D eigenvalue weighted by Crippen LogP contribution is 2.26. The summed E-state index contributed by atoms with van der Waals surface area (Å²) in [6.45, 7) is 4.44. The molecular weight excluding hydrogens is 406 g/mol. The van der Waals surface area contributed by atoms with E-state index in [1.165, 1.54) is 21.0 Å². The van der Waals surface area contributed by atoms with E-state index in [9.17, 15) is 18.0 Å². The van der Waals surface area contributed by atoms with E-state index in [0.717, 1.165) is 38.5 Å². The Morgan fingerprint density at radius 2 is 1.73 bits per heavy atom. The van der Waals surface area contributed by atoms with Crippen molar-refractivity contribution in [3.8, 4) is 0 Å². The fourth-order valence-electron chi connectivity index (χ4n) is 4.29. The molecule has 2 aliphatic rings. The Morgan fingerprint density at radius 3 is 2.40 bits per heavy atom. The summed E-state index contributed by atoms with van der Waals surface area (Å²) in [5.74, 6) is -0.233. The lowest BCUT2D eigenvalue weighted by Crippen LogP contribution is -2.37. The van der Waals surface area contributed by atoms with Gasteiger partial charge in [0.15, 0.2) is 5.58 Å². The van der Waals surface area contributed by atoms with E-state index in [2.05, 4.69) is 6.92 Å². The van der Waals surface area contributed by atoms with Gasteiger partial charge in [-0.05, 0) is 43.7 Å². The Hall–Kier alpha value is -2.13. The van der Waals surface area contributed by atoms with Crippen LogP contribution in [0.15, 0.2) is 32.3 Å². The third-order valence-corrected chi connectivity index (χ3v) is 8.17. The number of hydrogen-bond acceptors (Lipinski definition) is 5. The largest absolute Gasteiger partial charge is 0.420 e. The van der Waals surface area contributed by atoms with Crippen molar-refractivity contribution in [2.45, 2.75) is 56.9 Å². The van der Waals surface area contributed by atoms with Crippen LogP contribution in [0, 0.1) is 5.92 Å². The minimum Gasteiger partial charge on any atom is -0.408 e. The van der Waals surface area contributed by atoms with Gasteiger partial charge in [-0.15, -0.1) is 0 Å². The molecule has 0 aliphatic carbocycles. The molecule has 0 N–H and O–H groups in total. The molecule has 2 saturated heterocycles. The van der Waals surface area contributed by atoms with Crippen LogP contribution in [0.5, 0.6) is 0 Å². The zero-order valence-electron chi connectivity index (χ0n) is 17.4. The fraction of sp³-hybridized carbons (Fsp3) is 0.619. The van der Waals surface area contributed by atoms with Gasteiger partial charge in [0.2, 0.25) is 15.9 Å². The van der Waals surface area contributed by atoms with Crippen LogP contribution in [-0.4, -0.2) is 54.3 Å². The molecule has 0 spiro atoms. The summed E-state index contributed by atoms with van der Waals surface area (Å²) < 4.78 is 34.1. The highest BCUT2D eigenvalue weighted by atomic mass is 32.2. The molecule has 30 heavy (non-hydrogen) atoms. The Bertz CT molecular complexity index is 1070. The molecule has 164 valence electrons. The summed E-state index contributed by atoms with van der Waals surface area (Å²) in [4.78, 5) is 27.0. The summed E-state index contributed by atoms with van der Waals surface area (Å²) in [6.07, 6.45) is 5.86. The van der Waals surface area contributed by atoms with Gasteiger partial charge in [0.25, 0.3) is 0 Å². The second-order valence-corrected chi connectivity index (χ2v) is 10.4. The fourth-order valence-corrected chi connectivity index (χ4v) is 5.77. The Morgan fingerprint density at radius 1 is 1.07 bits per heavy atom. The molecule has 1 amide bonds. The number of fused-ring (bicyclic) bond motifs is 1. The van der Waals surface area contributed by atoms with Crippen molar-refractivity contribution >= 4 is 27.0 Å². The van der Waals surface area contributed by atoms with E-state index in [4.69, 9.17) is 4.42 Å². The quantitative estimate of drug-likeness (QED) is 0.735. The van der Waals surface area contributed by atoms with Gasteiger partial charge in [-0.2, -0.15) is 4.31 Å². The molecule has 1 aromatic carbocycles. The Kier molecular flexibility index (Phi) is 6.02. The van der Waals surface area contributed by atoms with Crippen LogP contribution in [0.25, 0.3) is 11.1 Å². The number of benzene rings is 1. The van der Waals surface area contributed by atoms with E-state index in [1.807, 2.05) is 0 Å². The smallest absolute Gasteiger partial charge is 0.408 e. The first-order valence-corrected chi connectivity index (χ1v) is 12.2. The summed E-state index contributed by atoms with van der Waals surface area (Å²) >= 11 is 0. The molecule has 0 saturated carbocycles. The molecule has 1 aromatic heterocycles. The molecule has 3 heterocycles. The molecule has 9 heteroatoms. The highest BCUT2D eigenvalue weighted by molar-refractivity contribution is 7.89. The number of nitrogens with zero attached hydrogens (tertiary/aromatic N) is 3. The molecule has 2 aromatic rings. The second-order valence-electron chi connectivity index (χ2n) is 8.47. The monoisotopic (exact) mass is 435 g/mol. The SMILES string of the molecule is CC1CCN(S(=O)(=O)c2ccc3c(c2)oc(=O)n3CC(=O)N2CCCCCC2)CC1. The van der Waals surface area contributed by atoms with Crippen molar-refractivity contribution in [1.29, 1.82) is 0 Å². The average molecular weight is 436 g/mol. The van der Waals surface area contributed by atoms with Gasteiger partial charge in [-0.1, -0.05) is 19.8 Å². The molecule has 0 atom stereocenters. The molecule has 8 nitrogen and oxygen atoms in total. The van der Waals surface area contributed by atoms with Crippen LogP contribution >= 0.6 is 0 Å². The number of amides is 1. The summed E-state index contributed by atoms with van der Waals surface area (Å²) in [7, 11) is -3.64. The van der Waals surface area contributed by atoms with Crippen LogP contribution in [-0.2, 0) is 21.4 Å². The zero-order chi connectivity index (χ0) is 21.3. The summed E-state index contributed by atoms with van der Waals surface area (Å²) in [6, 6.07) is 4.46. The van der Waals surface area contributed by atoms with Crippen molar-refractivity contribution in [2.75, 3.05) is 26.2 Å². The molecular formula is C21H29N3O5S. The Labute approximate surface area is 176 Å². The minimum absolute atomic E-state index is 0.0953. The summed E-state index contributed by atoms with van der Waals surface area (Å²) in [5, 5.41) is 0. The normalized spacial score (nSPS) is 19.8. The predicted octanol–water partition coefficient (Wildman–Crippen LogP) is 2.42. The first kappa shape index (κ1) is 21.1. The van der Waals surface area contributed by atoms with E-state index in [0.29, 0.717) is 37.6 Å². The van der Waals surface area contributed by atoms with Crippen molar-refractivity contribution in [1.82, 2.24) is 13.8 Å². The lowest BCUT2D eigenvalue weighted by atomic mass is 10.0. The Balaban J connectivity index is 1.58. The van der Waals surface area contributed by atoms with Gasteiger partial charge in [-0.25, -0.2) is 13.2 Å². The third kappa shape index (κ3) is 4.18. The maximum absolute atomic E-state index is 13.0. The van der Waals surface area contributed by atoms with Gasteiger partial charge >= 0.3 is 5.76 Å². The average Bonchev–Trinajstić information content (AvgIpc) is 2.90. The van der Waals surface area contributed by atoms with Crippen molar-refractivity contribution in [3.05, 3.63) is 28.7 Å². The number of hydrogen-bond donors (Lipinski definition) is 0. The number of oxazole rings is 1. The number of piperidine rings is 1. The number of carbonyl (C=O) groups is 1. The minimum atomic E-state index is -3.64. The third-order valence-electron chi connectivity index (χ3n) is 6.27. The van der Waals surface area contributed by atoms with Crippen molar-refractivity contribution in [3.63, 3.8) is 0 Å².